The van der Waals surface area contributed by atoms with Gasteiger partial charge in [-0.05, 0) is 29.8 Å². The molecule has 3 aromatic rings. The first-order chi connectivity index (χ1) is 10.6. The minimum absolute atomic E-state index is 0.239. The lowest BCUT2D eigenvalue weighted by molar-refractivity contribution is 0.0946. The van der Waals surface area contributed by atoms with Crippen LogP contribution in [0.25, 0.3) is 10.9 Å². The summed E-state index contributed by atoms with van der Waals surface area (Å²) in [6.45, 7) is 0.323. The summed E-state index contributed by atoms with van der Waals surface area (Å²) in [6, 6.07) is 16.4. The maximum Gasteiger partial charge on any atom is 0.270 e. The molecule has 110 valence electrons. The van der Waals surface area contributed by atoms with Gasteiger partial charge >= 0.3 is 0 Å². The van der Waals surface area contributed by atoms with Gasteiger partial charge in [0.05, 0.1) is 5.52 Å². The lowest BCUT2D eigenvalue weighted by atomic mass is 10.2. The van der Waals surface area contributed by atoms with Crippen molar-refractivity contribution in [3.63, 3.8) is 0 Å². The van der Waals surface area contributed by atoms with Crippen molar-refractivity contribution < 1.29 is 4.79 Å². The molecule has 0 aliphatic carbocycles. The zero-order chi connectivity index (χ0) is 15.5. The number of hydrogen-bond acceptors (Lipinski definition) is 2. The molecule has 0 bridgehead atoms. The summed E-state index contributed by atoms with van der Waals surface area (Å²) in [5.41, 5.74) is 1.98. The van der Waals surface area contributed by atoms with E-state index in [1.807, 2.05) is 30.3 Å². The Balaban J connectivity index is 1.75. The Labute approximate surface area is 137 Å². The minimum atomic E-state index is -0.239. The average Bonchev–Trinajstić information content (AvgIpc) is 2.53. The number of pyridine rings is 1. The van der Waals surface area contributed by atoms with Crippen molar-refractivity contribution in [2.45, 2.75) is 6.54 Å². The third-order valence-electron chi connectivity index (χ3n) is 3.29. The number of carbonyl (C=O) groups is 1. The van der Waals surface area contributed by atoms with Gasteiger partial charge in [0, 0.05) is 22.0 Å². The number of benzene rings is 2. The summed E-state index contributed by atoms with van der Waals surface area (Å²) in [6.07, 6.45) is 0. The molecule has 1 N–H and O–H groups in total. The molecule has 1 aromatic heterocycles. The number of amides is 1. The van der Waals surface area contributed by atoms with Gasteiger partial charge in [0.1, 0.15) is 5.69 Å². The van der Waals surface area contributed by atoms with Crippen LogP contribution in [0.3, 0.4) is 0 Å². The van der Waals surface area contributed by atoms with Gasteiger partial charge in [-0.2, -0.15) is 0 Å². The molecular weight excluding hydrogens is 319 g/mol. The molecule has 0 saturated heterocycles. The van der Waals surface area contributed by atoms with Crippen LogP contribution in [-0.4, -0.2) is 10.9 Å². The zero-order valence-corrected chi connectivity index (χ0v) is 13.0. The summed E-state index contributed by atoms with van der Waals surface area (Å²) in [4.78, 5) is 16.6. The Hall–Kier alpha value is -2.10. The molecule has 1 amide bonds. The topological polar surface area (TPSA) is 42.0 Å². The highest BCUT2D eigenvalue weighted by Gasteiger charge is 2.09. The van der Waals surface area contributed by atoms with E-state index in [-0.39, 0.29) is 5.91 Å². The fourth-order valence-electron chi connectivity index (χ4n) is 2.12. The van der Waals surface area contributed by atoms with Gasteiger partial charge in [-0.15, -0.1) is 0 Å². The van der Waals surface area contributed by atoms with Crippen molar-refractivity contribution >= 4 is 40.0 Å². The molecular formula is C17H12Cl2N2O. The quantitative estimate of drug-likeness (QED) is 0.769. The summed E-state index contributed by atoms with van der Waals surface area (Å²) in [7, 11) is 0. The lowest BCUT2D eigenvalue weighted by Gasteiger charge is -2.07. The molecule has 1 heterocycles. The monoisotopic (exact) mass is 330 g/mol. The molecule has 22 heavy (non-hydrogen) atoms. The second-order valence-corrected chi connectivity index (χ2v) is 5.65. The number of carbonyl (C=O) groups excluding carboxylic acids is 1. The number of hydrogen-bond donors (Lipinski definition) is 1. The predicted molar refractivity (Wildman–Crippen MR) is 89.4 cm³/mol. The van der Waals surface area contributed by atoms with Gasteiger partial charge in [-0.25, -0.2) is 4.98 Å². The van der Waals surface area contributed by atoms with E-state index < -0.39 is 0 Å². The van der Waals surface area contributed by atoms with Crippen molar-refractivity contribution in [3.8, 4) is 0 Å². The van der Waals surface area contributed by atoms with Crippen LogP contribution < -0.4 is 5.32 Å². The Morgan fingerprint density at radius 1 is 1.05 bits per heavy atom. The maximum absolute atomic E-state index is 12.2. The first-order valence-corrected chi connectivity index (χ1v) is 7.47. The van der Waals surface area contributed by atoms with Crippen LogP contribution in [0.1, 0.15) is 16.1 Å². The van der Waals surface area contributed by atoms with Crippen LogP contribution in [0, 0.1) is 0 Å². The predicted octanol–water partition coefficient (Wildman–Crippen LogP) is 4.47. The number of halogens is 2. The molecule has 0 spiro atoms. The van der Waals surface area contributed by atoms with Crippen molar-refractivity contribution in [3.05, 3.63) is 75.9 Å². The number of aromatic nitrogens is 1. The summed E-state index contributed by atoms with van der Waals surface area (Å²) in [5.74, 6) is -0.239. The Morgan fingerprint density at radius 3 is 2.68 bits per heavy atom. The molecule has 3 rings (SSSR count). The molecule has 3 nitrogen and oxygen atoms in total. The van der Waals surface area contributed by atoms with E-state index in [0.29, 0.717) is 22.3 Å². The van der Waals surface area contributed by atoms with Gasteiger partial charge in [-0.3, -0.25) is 4.79 Å². The lowest BCUT2D eigenvalue weighted by Crippen LogP contribution is -2.23. The number of nitrogens with one attached hydrogen (secondary N) is 1. The number of nitrogens with zero attached hydrogens (tertiary/aromatic N) is 1. The standard InChI is InChI=1S/C17H12Cl2N2O/c18-13-7-5-12(14(19)9-13)10-20-17(22)16-8-6-11-3-1-2-4-15(11)21-16/h1-9H,10H2,(H,20,22). The fourth-order valence-corrected chi connectivity index (χ4v) is 2.60. The van der Waals surface area contributed by atoms with Crippen LogP contribution in [0.2, 0.25) is 10.0 Å². The molecule has 0 saturated carbocycles. The van der Waals surface area contributed by atoms with E-state index >= 15 is 0 Å². The van der Waals surface area contributed by atoms with Crippen LogP contribution in [0.4, 0.5) is 0 Å². The zero-order valence-electron chi connectivity index (χ0n) is 11.5. The smallest absolute Gasteiger partial charge is 0.270 e. The van der Waals surface area contributed by atoms with Crippen LogP contribution in [0.15, 0.2) is 54.6 Å². The fraction of sp³-hybridized carbons (Fsp3) is 0.0588. The van der Waals surface area contributed by atoms with Crippen molar-refractivity contribution in [1.29, 1.82) is 0 Å². The number of fused-ring (bicyclic) bond motifs is 1. The van der Waals surface area contributed by atoms with Crippen LogP contribution in [0.5, 0.6) is 0 Å². The largest absolute Gasteiger partial charge is 0.347 e. The van der Waals surface area contributed by atoms with Crippen molar-refractivity contribution in [2.24, 2.45) is 0 Å². The molecule has 0 aliphatic rings. The first kappa shape index (κ1) is 14.8. The third-order valence-corrected chi connectivity index (χ3v) is 3.87. The molecule has 0 fully saturated rings. The van der Waals surface area contributed by atoms with Gasteiger partial charge in [-0.1, -0.05) is 53.5 Å². The van der Waals surface area contributed by atoms with Gasteiger partial charge < -0.3 is 5.32 Å². The van der Waals surface area contributed by atoms with Crippen LogP contribution >= 0.6 is 23.2 Å². The highest BCUT2D eigenvalue weighted by Crippen LogP contribution is 2.20. The Kier molecular flexibility index (Phi) is 4.27. The van der Waals surface area contributed by atoms with E-state index in [0.717, 1.165) is 16.5 Å². The second-order valence-electron chi connectivity index (χ2n) is 4.81. The normalized spacial score (nSPS) is 10.6. The molecule has 2 aromatic carbocycles. The second kappa shape index (κ2) is 6.34. The van der Waals surface area contributed by atoms with Gasteiger partial charge in [0.25, 0.3) is 5.91 Å². The Bertz CT molecular complexity index is 849. The SMILES string of the molecule is O=C(NCc1ccc(Cl)cc1Cl)c1ccc2ccccc2n1. The highest BCUT2D eigenvalue weighted by molar-refractivity contribution is 6.35. The highest BCUT2D eigenvalue weighted by atomic mass is 35.5. The molecule has 5 heteroatoms. The molecule has 0 atom stereocenters. The van der Waals surface area contributed by atoms with E-state index in [9.17, 15) is 4.79 Å². The molecule has 0 aliphatic heterocycles. The Morgan fingerprint density at radius 2 is 1.86 bits per heavy atom. The minimum Gasteiger partial charge on any atom is -0.347 e. The van der Waals surface area contributed by atoms with E-state index in [1.165, 1.54) is 0 Å². The maximum atomic E-state index is 12.2. The number of para-hydroxylation sites is 1. The van der Waals surface area contributed by atoms with Crippen molar-refractivity contribution in [2.75, 3.05) is 0 Å². The first-order valence-electron chi connectivity index (χ1n) is 6.71. The average molecular weight is 331 g/mol. The molecule has 0 radical (unpaired) electrons. The van der Waals surface area contributed by atoms with E-state index in [2.05, 4.69) is 10.3 Å². The van der Waals surface area contributed by atoms with Crippen molar-refractivity contribution in [1.82, 2.24) is 10.3 Å². The van der Waals surface area contributed by atoms with Gasteiger partial charge in [0.2, 0.25) is 0 Å². The number of rotatable bonds is 3. The van der Waals surface area contributed by atoms with E-state index in [4.69, 9.17) is 23.2 Å². The van der Waals surface area contributed by atoms with Crippen LogP contribution in [-0.2, 0) is 6.54 Å². The summed E-state index contributed by atoms with van der Waals surface area (Å²) < 4.78 is 0. The van der Waals surface area contributed by atoms with E-state index in [1.54, 1.807) is 24.3 Å². The molecule has 0 unspecified atom stereocenters. The summed E-state index contributed by atoms with van der Waals surface area (Å²) in [5, 5.41) is 4.90. The van der Waals surface area contributed by atoms with Gasteiger partial charge in [0.15, 0.2) is 0 Å². The summed E-state index contributed by atoms with van der Waals surface area (Å²) >= 11 is 11.9. The third kappa shape index (κ3) is 3.21.